The molecule has 3 rings (SSSR count). The number of nitrogens with one attached hydrogen (secondary N) is 2. The Morgan fingerprint density at radius 1 is 0.957 bits per heavy atom. The highest BCUT2D eigenvalue weighted by Crippen LogP contribution is 2.19. The number of hydrogen-bond acceptors (Lipinski definition) is 3. The van der Waals surface area contributed by atoms with E-state index in [9.17, 15) is 9.59 Å². The first-order chi connectivity index (χ1) is 11.2. The van der Waals surface area contributed by atoms with Crippen molar-refractivity contribution in [3.63, 3.8) is 0 Å². The van der Waals surface area contributed by atoms with Gasteiger partial charge in [-0.1, -0.05) is 36.4 Å². The van der Waals surface area contributed by atoms with Gasteiger partial charge in [0.25, 0.3) is 0 Å². The van der Waals surface area contributed by atoms with Crippen molar-refractivity contribution in [2.45, 2.75) is 0 Å². The van der Waals surface area contributed by atoms with Crippen molar-refractivity contribution < 1.29 is 9.59 Å². The number of para-hydroxylation sites is 2. The fourth-order valence-corrected chi connectivity index (χ4v) is 3.04. The van der Waals surface area contributed by atoms with E-state index < -0.39 is 0 Å². The Hall–Kier alpha value is -2.53. The maximum atomic E-state index is 12.3. The maximum Gasteiger partial charge on any atom is 0.234 e. The predicted octanol–water partition coefficient (Wildman–Crippen LogP) is 3.72. The Bertz CT molecular complexity index is 827. The van der Waals surface area contributed by atoms with Crippen molar-refractivity contribution in [2.75, 3.05) is 16.8 Å². The molecule has 3 aromatic rings. The number of ketones is 1. The molecule has 116 valence electrons. The Kier molecular flexibility index (Phi) is 4.78. The SMILES string of the molecule is O=C(CSCC(=O)c1c[nH]c2ccccc12)Nc1ccccc1. The topological polar surface area (TPSA) is 62.0 Å². The monoisotopic (exact) mass is 324 g/mol. The average Bonchev–Trinajstić information content (AvgIpc) is 3.00. The van der Waals surface area contributed by atoms with E-state index >= 15 is 0 Å². The number of aromatic amines is 1. The fourth-order valence-electron chi connectivity index (χ4n) is 2.33. The molecule has 0 unspecified atom stereocenters. The van der Waals surface area contributed by atoms with E-state index in [1.165, 1.54) is 11.8 Å². The van der Waals surface area contributed by atoms with Gasteiger partial charge < -0.3 is 10.3 Å². The van der Waals surface area contributed by atoms with Crippen LogP contribution in [0.15, 0.2) is 60.8 Å². The summed E-state index contributed by atoms with van der Waals surface area (Å²) in [5.74, 6) is 0.459. The zero-order valence-electron chi connectivity index (χ0n) is 12.4. The van der Waals surface area contributed by atoms with E-state index in [0.717, 1.165) is 16.6 Å². The highest BCUT2D eigenvalue weighted by molar-refractivity contribution is 8.00. The number of Topliss-reactive ketones (excluding diaryl/α,β-unsaturated/α-hetero) is 1. The molecule has 0 aliphatic carbocycles. The number of anilines is 1. The molecule has 0 fully saturated rings. The first-order valence-electron chi connectivity index (χ1n) is 7.26. The molecule has 0 aliphatic rings. The molecule has 23 heavy (non-hydrogen) atoms. The minimum atomic E-state index is -0.104. The number of fused-ring (bicyclic) bond motifs is 1. The lowest BCUT2D eigenvalue weighted by Crippen LogP contribution is -2.15. The lowest BCUT2D eigenvalue weighted by molar-refractivity contribution is -0.113. The van der Waals surface area contributed by atoms with Crippen LogP contribution in [0.3, 0.4) is 0 Å². The van der Waals surface area contributed by atoms with E-state index in [0.29, 0.717) is 5.56 Å². The van der Waals surface area contributed by atoms with E-state index in [2.05, 4.69) is 10.3 Å². The van der Waals surface area contributed by atoms with Gasteiger partial charge in [0, 0.05) is 28.4 Å². The van der Waals surface area contributed by atoms with Crippen LogP contribution in [0.2, 0.25) is 0 Å². The number of rotatable bonds is 6. The molecule has 0 aliphatic heterocycles. The second-order valence-corrected chi connectivity index (χ2v) is 6.06. The Morgan fingerprint density at radius 3 is 2.52 bits per heavy atom. The molecule has 0 bridgehead atoms. The quantitative estimate of drug-likeness (QED) is 0.679. The van der Waals surface area contributed by atoms with Gasteiger partial charge in [0.1, 0.15) is 0 Å². The van der Waals surface area contributed by atoms with Gasteiger partial charge in [-0.15, -0.1) is 11.8 Å². The molecule has 4 nitrogen and oxygen atoms in total. The third-order valence-corrected chi connectivity index (χ3v) is 4.35. The molecule has 1 aromatic heterocycles. The Labute approximate surface area is 138 Å². The van der Waals surface area contributed by atoms with Crippen molar-refractivity contribution in [1.29, 1.82) is 0 Å². The molecular weight excluding hydrogens is 308 g/mol. The molecule has 2 N–H and O–H groups in total. The van der Waals surface area contributed by atoms with Crippen LogP contribution in [0.5, 0.6) is 0 Å². The Morgan fingerprint density at radius 2 is 1.70 bits per heavy atom. The van der Waals surface area contributed by atoms with Gasteiger partial charge in [0.05, 0.1) is 11.5 Å². The van der Waals surface area contributed by atoms with Gasteiger partial charge >= 0.3 is 0 Å². The first-order valence-corrected chi connectivity index (χ1v) is 8.41. The second kappa shape index (κ2) is 7.15. The summed E-state index contributed by atoms with van der Waals surface area (Å²) in [4.78, 5) is 27.2. The van der Waals surface area contributed by atoms with Crippen LogP contribution in [0.25, 0.3) is 10.9 Å². The number of aromatic nitrogens is 1. The molecule has 0 saturated heterocycles. The third kappa shape index (κ3) is 3.81. The van der Waals surface area contributed by atoms with Gasteiger partial charge in [-0.25, -0.2) is 0 Å². The highest BCUT2D eigenvalue weighted by atomic mass is 32.2. The van der Waals surface area contributed by atoms with Crippen molar-refractivity contribution in [1.82, 2.24) is 4.98 Å². The van der Waals surface area contributed by atoms with Crippen LogP contribution >= 0.6 is 11.8 Å². The number of benzene rings is 2. The summed E-state index contributed by atoms with van der Waals surface area (Å²) in [6, 6.07) is 17.0. The van der Waals surface area contributed by atoms with E-state index in [-0.39, 0.29) is 23.2 Å². The lowest BCUT2D eigenvalue weighted by atomic mass is 10.1. The van der Waals surface area contributed by atoms with Crippen molar-refractivity contribution >= 4 is 40.0 Å². The van der Waals surface area contributed by atoms with Crippen LogP contribution < -0.4 is 5.32 Å². The molecule has 0 saturated carbocycles. The third-order valence-electron chi connectivity index (χ3n) is 3.41. The summed E-state index contributed by atoms with van der Waals surface area (Å²) >= 11 is 1.32. The normalized spacial score (nSPS) is 10.6. The van der Waals surface area contributed by atoms with Crippen LogP contribution in [-0.4, -0.2) is 28.2 Å². The standard InChI is InChI=1S/C18H16N2O2S/c21-17(15-10-19-16-9-5-4-8-14(15)16)11-23-12-18(22)20-13-6-2-1-3-7-13/h1-10,19H,11-12H2,(H,20,22). The minimum absolute atomic E-state index is 0.0277. The molecule has 2 aromatic carbocycles. The summed E-state index contributed by atoms with van der Waals surface area (Å²) in [6.07, 6.45) is 1.73. The summed E-state index contributed by atoms with van der Waals surface area (Å²) in [7, 11) is 0. The number of carbonyl (C=O) groups is 2. The molecule has 0 radical (unpaired) electrons. The van der Waals surface area contributed by atoms with Crippen molar-refractivity contribution in [3.8, 4) is 0 Å². The van der Waals surface area contributed by atoms with Gasteiger partial charge in [0.2, 0.25) is 5.91 Å². The number of thioether (sulfide) groups is 1. The molecule has 0 atom stereocenters. The van der Waals surface area contributed by atoms with Crippen molar-refractivity contribution in [2.24, 2.45) is 0 Å². The minimum Gasteiger partial charge on any atom is -0.360 e. The van der Waals surface area contributed by atoms with Crippen LogP contribution in [-0.2, 0) is 4.79 Å². The summed E-state index contributed by atoms with van der Waals surface area (Å²) < 4.78 is 0. The zero-order chi connectivity index (χ0) is 16.1. The fraction of sp³-hybridized carbons (Fsp3) is 0.111. The number of amides is 1. The smallest absolute Gasteiger partial charge is 0.234 e. The number of hydrogen-bond donors (Lipinski definition) is 2. The Balaban J connectivity index is 1.52. The molecule has 1 amide bonds. The van der Waals surface area contributed by atoms with Crippen LogP contribution in [0, 0.1) is 0 Å². The molecule has 1 heterocycles. The van der Waals surface area contributed by atoms with E-state index in [1.807, 2.05) is 54.6 Å². The van der Waals surface area contributed by atoms with Gasteiger partial charge in [-0.05, 0) is 18.2 Å². The second-order valence-electron chi connectivity index (χ2n) is 5.08. The number of H-pyrrole nitrogens is 1. The average molecular weight is 324 g/mol. The molecular formula is C18H16N2O2S. The lowest BCUT2D eigenvalue weighted by Gasteiger charge is -2.04. The summed E-state index contributed by atoms with van der Waals surface area (Å²) in [6.45, 7) is 0. The zero-order valence-corrected chi connectivity index (χ0v) is 13.2. The summed E-state index contributed by atoms with van der Waals surface area (Å²) in [5.41, 5.74) is 2.39. The van der Waals surface area contributed by atoms with E-state index in [4.69, 9.17) is 0 Å². The number of carbonyl (C=O) groups excluding carboxylic acids is 2. The van der Waals surface area contributed by atoms with Crippen molar-refractivity contribution in [3.05, 3.63) is 66.4 Å². The van der Waals surface area contributed by atoms with Crippen LogP contribution in [0.1, 0.15) is 10.4 Å². The van der Waals surface area contributed by atoms with E-state index in [1.54, 1.807) is 6.20 Å². The largest absolute Gasteiger partial charge is 0.360 e. The highest BCUT2D eigenvalue weighted by Gasteiger charge is 2.12. The van der Waals surface area contributed by atoms with Gasteiger partial charge in [-0.2, -0.15) is 0 Å². The van der Waals surface area contributed by atoms with Gasteiger partial charge in [0.15, 0.2) is 5.78 Å². The van der Waals surface area contributed by atoms with Gasteiger partial charge in [-0.3, -0.25) is 9.59 Å². The van der Waals surface area contributed by atoms with Crippen LogP contribution in [0.4, 0.5) is 5.69 Å². The predicted molar refractivity (Wildman–Crippen MR) is 95.0 cm³/mol. The molecule has 5 heteroatoms. The first kappa shape index (κ1) is 15.4. The summed E-state index contributed by atoms with van der Waals surface area (Å²) in [5, 5.41) is 3.73. The molecule has 0 spiro atoms. The maximum absolute atomic E-state index is 12.3.